The molecule has 2 nitrogen and oxygen atoms in total. The molecule has 0 radical (unpaired) electrons. The van der Waals surface area contributed by atoms with Crippen molar-refractivity contribution in [3.8, 4) is 0 Å². The molecule has 2 fully saturated rings. The smallest absolute Gasteiger partial charge is 0.0623 e. The van der Waals surface area contributed by atoms with Gasteiger partial charge in [0.05, 0.1) is 12.7 Å². The molecule has 1 aliphatic carbocycles. The minimum absolute atomic E-state index is 0.553. The van der Waals surface area contributed by atoms with Gasteiger partial charge in [0.15, 0.2) is 0 Å². The van der Waals surface area contributed by atoms with Crippen LogP contribution in [-0.4, -0.2) is 25.3 Å². The van der Waals surface area contributed by atoms with Crippen molar-refractivity contribution in [1.82, 2.24) is 5.32 Å². The standard InChI is InChI=1S/C13H25NO/c1-11-5-4-7-13(9-11)15-10-12-6-2-3-8-14-12/h11-14H,2-10H2,1H3. The molecular formula is C13H25NO. The van der Waals surface area contributed by atoms with Gasteiger partial charge in [-0.05, 0) is 38.1 Å². The Labute approximate surface area is 93.8 Å². The molecule has 2 rings (SSSR count). The number of piperidine rings is 1. The van der Waals surface area contributed by atoms with Crippen LogP contribution >= 0.6 is 0 Å². The van der Waals surface area contributed by atoms with Gasteiger partial charge in [0.1, 0.15) is 0 Å². The average molecular weight is 211 g/mol. The predicted octanol–water partition coefficient (Wildman–Crippen LogP) is 2.72. The fraction of sp³-hybridized carbons (Fsp3) is 1.00. The molecule has 0 bridgehead atoms. The summed E-state index contributed by atoms with van der Waals surface area (Å²) in [5.41, 5.74) is 0. The topological polar surface area (TPSA) is 21.3 Å². The van der Waals surface area contributed by atoms with Crippen LogP contribution in [0.15, 0.2) is 0 Å². The van der Waals surface area contributed by atoms with E-state index in [4.69, 9.17) is 4.74 Å². The Morgan fingerprint density at radius 2 is 2.07 bits per heavy atom. The molecular weight excluding hydrogens is 186 g/mol. The highest BCUT2D eigenvalue weighted by Crippen LogP contribution is 2.26. The Kier molecular flexibility index (Phi) is 4.45. The summed E-state index contributed by atoms with van der Waals surface area (Å²) < 4.78 is 6.03. The minimum Gasteiger partial charge on any atom is -0.377 e. The molecule has 0 amide bonds. The third-order valence-corrected chi connectivity index (χ3v) is 3.83. The highest BCUT2D eigenvalue weighted by atomic mass is 16.5. The Balaban J connectivity index is 1.63. The van der Waals surface area contributed by atoms with Crippen molar-refractivity contribution < 1.29 is 4.74 Å². The maximum Gasteiger partial charge on any atom is 0.0623 e. The Bertz CT molecular complexity index is 177. The van der Waals surface area contributed by atoms with E-state index in [1.807, 2.05) is 0 Å². The second-order valence-corrected chi connectivity index (χ2v) is 5.37. The van der Waals surface area contributed by atoms with Crippen molar-refractivity contribution in [2.45, 2.75) is 64.0 Å². The second-order valence-electron chi connectivity index (χ2n) is 5.37. The quantitative estimate of drug-likeness (QED) is 0.775. The van der Waals surface area contributed by atoms with Crippen LogP contribution in [0.25, 0.3) is 0 Å². The van der Waals surface area contributed by atoms with E-state index in [1.165, 1.54) is 51.5 Å². The van der Waals surface area contributed by atoms with Crippen molar-refractivity contribution in [3.63, 3.8) is 0 Å². The molecule has 0 aromatic carbocycles. The van der Waals surface area contributed by atoms with Gasteiger partial charge >= 0.3 is 0 Å². The van der Waals surface area contributed by atoms with E-state index < -0.39 is 0 Å². The molecule has 0 aromatic rings. The number of rotatable bonds is 3. The lowest BCUT2D eigenvalue weighted by molar-refractivity contribution is 0.00117. The Morgan fingerprint density at radius 1 is 1.13 bits per heavy atom. The van der Waals surface area contributed by atoms with E-state index in [0.717, 1.165) is 12.5 Å². The van der Waals surface area contributed by atoms with Crippen molar-refractivity contribution in [2.24, 2.45) is 5.92 Å². The number of nitrogens with one attached hydrogen (secondary N) is 1. The van der Waals surface area contributed by atoms with E-state index in [9.17, 15) is 0 Å². The van der Waals surface area contributed by atoms with Gasteiger partial charge in [-0.15, -0.1) is 0 Å². The summed E-state index contributed by atoms with van der Waals surface area (Å²) in [6.45, 7) is 4.49. The average Bonchev–Trinajstić information content (AvgIpc) is 2.28. The monoisotopic (exact) mass is 211 g/mol. The zero-order valence-corrected chi connectivity index (χ0v) is 10.0. The number of hydrogen-bond donors (Lipinski definition) is 1. The Hall–Kier alpha value is -0.0800. The lowest BCUT2D eigenvalue weighted by Gasteiger charge is -2.30. The summed E-state index contributed by atoms with van der Waals surface area (Å²) in [4.78, 5) is 0. The molecule has 1 saturated carbocycles. The van der Waals surface area contributed by atoms with Gasteiger partial charge in [0.25, 0.3) is 0 Å². The van der Waals surface area contributed by atoms with E-state index in [0.29, 0.717) is 12.1 Å². The van der Waals surface area contributed by atoms with Gasteiger partial charge in [0, 0.05) is 6.04 Å². The van der Waals surface area contributed by atoms with Gasteiger partial charge in [-0.1, -0.05) is 26.2 Å². The van der Waals surface area contributed by atoms with Crippen molar-refractivity contribution in [2.75, 3.05) is 13.2 Å². The van der Waals surface area contributed by atoms with Crippen LogP contribution in [0, 0.1) is 5.92 Å². The normalized spacial score (nSPS) is 37.8. The second kappa shape index (κ2) is 5.86. The summed E-state index contributed by atoms with van der Waals surface area (Å²) in [7, 11) is 0. The largest absolute Gasteiger partial charge is 0.377 e. The van der Waals surface area contributed by atoms with Crippen LogP contribution in [0.4, 0.5) is 0 Å². The first-order valence-corrected chi connectivity index (χ1v) is 6.69. The van der Waals surface area contributed by atoms with Crippen LogP contribution in [0.5, 0.6) is 0 Å². The van der Waals surface area contributed by atoms with Crippen molar-refractivity contribution >= 4 is 0 Å². The van der Waals surface area contributed by atoms with Gasteiger partial charge in [-0.2, -0.15) is 0 Å². The number of ether oxygens (including phenoxy) is 1. The lowest BCUT2D eigenvalue weighted by atomic mass is 9.88. The molecule has 1 aliphatic heterocycles. The molecule has 1 saturated heterocycles. The van der Waals surface area contributed by atoms with Gasteiger partial charge in [0.2, 0.25) is 0 Å². The number of hydrogen-bond acceptors (Lipinski definition) is 2. The third-order valence-electron chi connectivity index (χ3n) is 3.83. The maximum absolute atomic E-state index is 6.03. The predicted molar refractivity (Wildman–Crippen MR) is 63.0 cm³/mol. The summed E-state index contributed by atoms with van der Waals surface area (Å²) in [6, 6.07) is 0.635. The molecule has 15 heavy (non-hydrogen) atoms. The first-order chi connectivity index (χ1) is 7.34. The molecule has 0 aromatic heterocycles. The lowest BCUT2D eigenvalue weighted by Crippen LogP contribution is -2.39. The first-order valence-electron chi connectivity index (χ1n) is 6.69. The fourth-order valence-corrected chi connectivity index (χ4v) is 2.85. The van der Waals surface area contributed by atoms with Crippen LogP contribution in [0.1, 0.15) is 51.9 Å². The molecule has 2 aliphatic rings. The zero-order chi connectivity index (χ0) is 10.5. The molecule has 0 spiro atoms. The van der Waals surface area contributed by atoms with Gasteiger partial charge in [-0.3, -0.25) is 0 Å². The van der Waals surface area contributed by atoms with Crippen LogP contribution in [-0.2, 0) is 4.74 Å². The van der Waals surface area contributed by atoms with E-state index >= 15 is 0 Å². The van der Waals surface area contributed by atoms with Crippen LogP contribution < -0.4 is 5.32 Å². The fourth-order valence-electron chi connectivity index (χ4n) is 2.85. The van der Waals surface area contributed by atoms with Crippen LogP contribution in [0.2, 0.25) is 0 Å². The SMILES string of the molecule is CC1CCCC(OCC2CCCCN2)C1. The molecule has 1 heterocycles. The third kappa shape index (κ3) is 3.76. The molecule has 3 unspecified atom stereocenters. The van der Waals surface area contributed by atoms with Crippen LogP contribution in [0.3, 0.4) is 0 Å². The molecule has 88 valence electrons. The minimum atomic E-state index is 0.553. The van der Waals surface area contributed by atoms with Crippen molar-refractivity contribution in [3.05, 3.63) is 0 Å². The molecule has 3 atom stereocenters. The van der Waals surface area contributed by atoms with E-state index in [2.05, 4.69) is 12.2 Å². The van der Waals surface area contributed by atoms with E-state index in [-0.39, 0.29) is 0 Å². The summed E-state index contributed by atoms with van der Waals surface area (Å²) in [5, 5.41) is 3.54. The highest BCUT2D eigenvalue weighted by molar-refractivity contribution is 4.74. The molecule has 2 heteroatoms. The maximum atomic E-state index is 6.03. The Morgan fingerprint density at radius 3 is 2.80 bits per heavy atom. The first kappa shape index (κ1) is 11.4. The zero-order valence-electron chi connectivity index (χ0n) is 10.0. The van der Waals surface area contributed by atoms with E-state index in [1.54, 1.807) is 0 Å². The molecule has 1 N–H and O–H groups in total. The highest BCUT2D eigenvalue weighted by Gasteiger charge is 2.21. The van der Waals surface area contributed by atoms with Gasteiger partial charge < -0.3 is 10.1 Å². The van der Waals surface area contributed by atoms with Crippen molar-refractivity contribution in [1.29, 1.82) is 0 Å². The summed E-state index contributed by atoms with van der Waals surface area (Å²) in [6.07, 6.45) is 9.92. The summed E-state index contributed by atoms with van der Waals surface area (Å²) in [5.74, 6) is 0.878. The van der Waals surface area contributed by atoms with Gasteiger partial charge in [-0.25, -0.2) is 0 Å². The summed E-state index contributed by atoms with van der Waals surface area (Å²) >= 11 is 0.